The molecule has 2 aliphatic heterocycles. The van der Waals surface area contributed by atoms with Crippen LogP contribution >= 0.6 is 0 Å². The molecule has 8 nitrogen and oxygen atoms in total. The summed E-state index contributed by atoms with van der Waals surface area (Å²) in [6.07, 6.45) is 4.44. The van der Waals surface area contributed by atoms with Crippen LogP contribution in [0.1, 0.15) is 56.7 Å². The molecule has 0 saturated carbocycles. The lowest BCUT2D eigenvalue weighted by Crippen LogP contribution is -2.37. The molecule has 0 fully saturated rings. The number of hydrogen-bond acceptors (Lipinski definition) is 6. The summed E-state index contributed by atoms with van der Waals surface area (Å²) in [5, 5.41) is 4.60. The number of carbonyl (C=O) groups is 2. The number of hydrogen-bond donors (Lipinski definition) is 0. The molecule has 0 radical (unpaired) electrons. The number of aromatic nitrogens is 3. The highest BCUT2D eigenvalue weighted by atomic mass is 16.5. The quantitative estimate of drug-likeness (QED) is 0.546. The third-order valence-corrected chi connectivity index (χ3v) is 6.61. The van der Waals surface area contributed by atoms with E-state index in [1.807, 2.05) is 46.0 Å². The number of fused-ring (bicyclic) bond motifs is 2. The van der Waals surface area contributed by atoms with Crippen molar-refractivity contribution in [3.8, 4) is 0 Å². The zero-order chi connectivity index (χ0) is 23.7. The van der Waals surface area contributed by atoms with Crippen LogP contribution in [0.5, 0.6) is 0 Å². The summed E-state index contributed by atoms with van der Waals surface area (Å²) in [6, 6.07) is 11.7. The molecule has 0 atom stereocenters. The van der Waals surface area contributed by atoms with Gasteiger partial charge in [-0.1, -0.05) is 6.07 Å². The topological polar surface area (TPSA) is 80.6 Å². The van der Waals surface area contributed by atoms with E-state index in [4.69, 9.17) is 4.74 Å². The van der Waals surface area contributed by atoms with Crippen LogP contribution in [0.25, 0.3) is 0 Å². The number of esters is 1. The number of carbonyl (C=O) groups excluding carboxylic acids is 2. The monoisotopic (exact) mass is 459 g/mol. The number of amides is 1. The van der Waals surface area contributed by atoms with E-state index in [1.54, 1.807) is 13.1 Å². The SMILES string of the molecule is CCOC(=O)c1nn(Cc2ccccn2)c2c1CN(C(=O)c1ccc3c(c1)CCCN3C)CC2. The Morgan fingerprint density at radius 2 is 2.00 bits per heavy atom. The minimum absolute atomic E-state index is 0.0195. The van der Waals surface area contributed by atoms with Crippen molar-refractivity contribution in [2.75, 3.05) is 31.6 Å². The molecule has 0 spiro atoms. The Morgan fingerprint density at radius 1 is 1.12 bits per heavy atom. The van der Waals surface area contributed by atoms with Gasteiger partial charge in [-0.15, -0.1) is 0 Å². The first-order valence-electron chi connectivity index (χ1n) is 11.8. The van der Waals surface area contributed by atoms with Crippen LogP contribution in [0, 0.1) is 0 Å². The third-order valence-electron chi connectivity index (χ3n) is 6.61. The maximum Gasteiger partial charge on any atom is 0.359 e. The summed E-state index contributed by atoms with van der Waals surface area (Å²) in [4.78, 5) is 34.6. The van der Waals surface area contributed by atoms with E-state index in [9.17, 15) is 9.59 Å². The van der Waals surface area contributed by atoms with Crippen molar-refractivity contribution >= 4 is 17.6 Å². The summed E-state index contributed by atoms with van der Waals surface area (Å²) < 4.78 is 7.11. The molecular formula is C26H29N5O3. The maximum atomic E-state index is 13.4. The molecule has 5 rings (SSSR count). The van der Waals surface area contributed by atoms with Gasteiger partial charge in [-0.2, -0.15) is 5.10 Å². The van der Waals surface area contributed by atoms with Crippen LogP contribution in [0.2, 0.25) is 0 Å². The highest BCUT2D eigenvalue weighted by Gasteiger charge is 2.31. The van der Waals surface area contributed by atoms with Crippen LogP contribution in [-0.4, -0.2) is 58.3 Å². The summed E-state index contributed by atoms with van der Waals surface area (Å²) in [5.41, 5.74) is 5.99. The van der Waals surface area contributed by atoms with Crippen LogP contribution < -0.4 is 4.90 Å². The molecule has 34 heavy (non-hydrogen) atoms. The average Bonchev–Trinajstić information content (AvgIpc) is 3.22. The van der Waals surface area contributed by atoms with Gasteiger partial charge in [0.2, 0.25) is 0 Å². The van der Waals surface area contributed by atoms with Gasteiger partial charge in [-0.25, -0.2) is 4.79 Å². The number of nitrogens with zero attached hydrogens (tertiary/aromatic N) is 5. The maximum absolute atomic E-state index is 13.4. The molecule has 2 aromatic heterocycles. The van der Waals surface area contributed by atoms with Crippen LogP contribution in [0.4, 0.5) is 5.69 Å². The van der Waals surface area contributed by atoms with Crippen molar-refractivity contribution in [2.24, 2.45) is 0 Å². The molecule has 0 unspecified atom stereocenters. The second kappa shape index (κ2) is 9.29. The van der Waals surface area contributed by atoms with Crippen molar-refractivity contribution in [1.82, 2.24) is 19.7 Å². The van der Waals surface area contributed by atoms with Crippen LogP contribution in [-0.2, 0) is 30.7 Å². The number of rotatable bonds is 5. The van der Waals surface area contributed by atoms with Gasteiger partial charge in [0.15, 0.2) is 5.69 Å². The zero-order valence-corrected chi connectivity index (χ0v) is 19.7. The molecule has 1 aromatic carbocycles. The van der Waals surface area contributed by atoms with Gasteiger partial charge in [0.25, 0.3) is 5.91 Å². The van der Waals surface area contributed by atoms with E-state index in [0.29, 0.717) is 31.6 Å². The fraction of sp³-hybridized carbons (Fsp3) is 0.385. The van der Waals surface area contributed by atoms with Crippen molar-refractivity contribution in [1.29, 1.82) is 0 Å². The van der Waals surface area contributed by atoms with Gasteiger partial charge >= 0.3 is 5.97 Å². The Bertz CT molecular complexity index is 1220. The van der Waals surface area contributed by atoms with E-state index < -0.39 is 5.97 Å². The van der Waals surface area contributed by atoms with Crippen LogP contribution in [0.3, 0.4) is 0 Å². The Hall–Kier alpha value is -3.68. The Balaban J connectivity index is 1.43. The first-order valence-corrected chi connectivity index (χ1v) is 11.8. The number of anilines is 1. The normalized spacial score (nSPS) is 15.0. The molecule has 1 amide bonds. The fourth-order valence-corrected chi connectivity index (χ4v) is 4.90. The Labute approximate surface area is 199 Å². The van der Waals surface area contributed by atoms with Gasteiger partial charge in [0, 0.05) is 55.3 Å². The molecule has 3 aromatic rings. The zero-order valence-electron chi connectivity index (χ0n) is 19.7. The van der Waals surface area contributed by atoms with Crippen LogP contribution in [0.15, 0.2) is 42.6 Å². The predicted molar refractivity (Wildman–Crippen MR) is 128 cm³/mol. The Kier molecular flexibility index (Phi) is 6.04. The first kappa shape index (κ1) is 22.1. The smallest absolute Gasteiger partial charge is 0.359 e. The molecule has 0 saturated heterocycles. The minimum atomic E-state index is -0.454. The van der Waals surface area contributed by atoms with E-state index in [2.05, 4.69) is 22.0 Å². The molecule has 4 heterocycles. The predicted octanol–water partition coefficient (Wildman–Crippen LogP) is 3.08. The van der Waals surface area contributed by atoms with Gasteiger partial charge in [0.1, 0.15) is 0 Å². The number of ether oxygens (including phenoxy) is 1. The van der Waals surface area contributed by atoms with E-state index in [1.165, 1.54) is 11.3 Å². The highest BCUT2D eigenvalue weighted by Crippen LogP contribution is 2.29. The minimum Gasteiger partial charge on any atom is -0.461 e. The fourth-order valence-electron chi connectivity index (χ4n) is 4.90. The average molecular weight is 460 g/mol. The molecule has 176 valence electrons. The van der Waals surface area contributed by atoms with Crippen molar-refractivity contribution in [2.45, 2.75) is 39.3 Å². The summed E-state index contributed by atoms with van der Waals surface area (Å²) in [5.74, 6) is -0.474. The highest BCUT2D eigenvalue weighted by molar-refractivity contribution is 5.95. The molecule has 0 bridgehead atoms. The standard InChI is InChI=1S/C26H29N5O3/c1-3-34-26(33)24-21-17-30(14-11-23(21)31(28-24)16-20-8-4-5-12-27-20)25(32)19-9-10-22-18(15-19)7-6-13-29(22)2/h4-5,8-10,12,15H,3,6-7,11,13-14,16-17H2,1-2H3. The lowest BCUT2D eigenvalue weighted by molar-refractivity contribution is 0.0513. The number of benzene rings is 1. The largest absolute Gasteiger partial charge is 0.461 e. The summed E-state index contributed by atoms with van der Waals surface area (Å²) in [6.45, 7) is 4.45. The molecule has 2 aliphatic rings. The molecule has 8 heteroatoms. The second-order valence-corrected chi connectivity index (χ2v) is 8.82. The molecular weight excluding hydrogens is 430 g/mol. The summed E-state index contributed by atoms with van der Waals surface area (Å²) in [7, 11) is 2.09. The molecule has 0 N–H and O–H groups in total. The number of pyridine rings is 1. The first-order chi connectivity index (χ1) is 16.5. The van der Waals surface area contributed by atoms with Gasteiger partial charge in [-0.3, -0.25) is 14.5 Å². The van der Waals surface area contributed by atoms with E-state index in [0.717, 1.165) is 36.3 Å². The van der Waals surface area contributed by atoms with Gasteiger partial charge in [-0.05, 0) is 55.7 Å². The van der Waals surface area contributed by atoms with Crippen molar-refractivity contribution < 1.29 is 14.3 Å². The number of aryl methyl sites for hydroxylation is 1. The lowest BCUT2D eigenvalue weighted by atomic mass is 9.98. The molecule has 0 aliphatic carbocycles. The van der Waals surface area contributed by atoms with Crippen molar-refractivity contribution in [3.63, 3.8) is 0 Å². The second-order valence-electron chi connectivity index (χ2n) is 8.82. The third kappa shape index (κ3) is 4.16. The Morgan fingerprint density at radius 3 is 2.79 bits per heavy atom. The summed E-state index contributed by atoms with van der Waals surface area (Å²) >= 11 is 0. The van der Waals surface area contributed by atoms with E-state index in [-0.39, 0.29) is 18.2 Å². The van der Waals surface area contributed by atoms with Gasteiger partial charge in [0.05, 0.1) is 25.4 Å². The van der Waals surface area contributed by atoms with Gasteiger partial charge < -0.3 is 14.5 Å². The van der Waals surface area contributed by atoms with E-state index >= 15 is 0 Å². The van der Waals surface area contributed by atoms with Crippen molar-refractivity contribution in [3.05, 3.63) is 76.4 Å². The lowest BCUT2D eigenvalue weighted by Gasteiger charge is -2.30.